The molecule has 3 rings (SSSR count). The Kier molecular flexibility index (Phi) is 6.36. The van der Waals surface area contributed by atoms with Crippen LogP contribution in [0, 0.1) is 0 Å². The van der Waals surface area contributed by atoms with Crippen LogP contribution in [0.5, 0.6) is 11.5 Å². The molecular weight excluding hydrogens is 388 g/mol. The third-order valence-corrected chi connectivity index (χ3v) is 4.79. The fourth-order valence-electron chi connectivity index (χ4n) is 2.37. The van der Waals surface area contributed by atoms with Gasteiger partial charge < -0.3 is 19.2 Å². The van der Waals surface area contributed by atoms with Gasteiger partial charge in [0.1, 0.15) is 6.26 Å². The molecule has 3 aromatic rings. The maximum Gasteiger partial charge on any atom is 0.251 e. The molecule has 0 saturated carbocycles. The maximum atomic E-state index is 12.5. The monoisotopic (exact) mass is 406 g/mol. The fraction of sp³-hybridized carbons (Fsp3) is 0.263. The lowest BCUT2D eigenvalue weighted by atomic mass is 10.2. The zero-order chi connectivity index (χ0) is 19.2. The number of methoxy groups -OCH3 is 1. The maximum absolute atomic E-state index is 12.5. The van der Waals surface area contributed by atoms with Crippen LogP contribution < -0.4 is 14.8 Å². The first-order chi connectivity index (χ1) is 13.1. The van der Waals surface area contributed by atoms with Crippen molar-refractivity contribution < 1.29 is 18.7 Å². The number of oxazole rings is 1. The number of amides is 1. The van der Waals surface area contributed by atoms with E-state index in [0.717, 1.165) is 11.3 Å². The Hall–Kier alpha value is -2.51. The number of thiophene rings is 1. The van der Waals surface area contributed by atoms with E-state index >= 15 is 0 Å². The molecule has 6 nitrogen and oxygen atoms in total. The Morgan fingerprint density at radius 2 is 2.26 bits per heavy atom. The smallest absolute Gasteiger partial charge is 0.251 e. The fourth-order valence-corrected chi connectivity index (χ4v) is 3.29. The van der Waals surface area contributed by atoms with Crippen molar-refractivity contribution in [1.29, 1.82) is 0 Å². The number of rotatable bonds is 8. The van der Waals surface area contributed by atoms with Crippen molar-refractivity contribution in [3.8, 4) is 22.3 Å². The summed E-state index contributed by atoms with van der Waals surface area (Å²) in [6.45, 7) is 2.75. The van der Waals surface area contributed by atoms with Crippen LogP contribution in [0.15, 0.2) is 40.3 Å². The quantitative estimate of drug-likeness (QED) is 0.582. The van der Waals surface area contributed by atoms with Crippen molar-refractivity contribution in [2.45, 2.75) is 19.9 Å². The molecule has 0 saturated heterocycles. The summed E-state index contributed by atoms with van der Waals surface area (Å²) >= 11 is 7.80. The third kappa shape index (κ3) is 4.61. The molecule has 2 heterocycles. The number of aromatic nitrogens is 1. The van der Waals surface area contributed by atoms with Gasteiger partial charge in [0.25, 0.3) is 5.91 Å². The van der Waals surface area contributed by atoms with E-state index < -0.39 is 0 Å². The van der Waals surface area contributed by atoms with E-state index in [2.05, 4.69) is 10.3 Å². The second-order valence-electron chi connectivity index (χ2n) is 5.64. The Morgan fingerprint density at radius 3 is 2.96 bits per heavy atom. The highest BCUT2D eigenvalue weighted by Gasteiger charge is 2.16. The highest BCUT2D eigenvalue weighted by molar-refractivity contribution is 7.13. The van der Waals surface area contributed by atoms with Gasteiger partial charge in [0.15, 0.2) is 11.5 Å². The van der Waals surface area contributed by atoms with Crippen LogP contribution in [0.1, 0.15) is 29.4 Å². The highest BCUT2D eigenvalue weighted by atomic mass is 35.5. The number of hydrogen-bond donors (Lipinski definition) is 1. The molecule has 0 bridgehead atoms. The van der Waals surface area contributed by atoms with Crippen LogP contribution in [-0.4, -0.2) is 24.6 Å². The molecule has 0 radical (unpaired) electrons. The molecular formula is C19H19ClN2O4S. The van der Waals surface area contributed by atoms with Crippen LogP contribution in [0.4, 0.5) is 0 Å². The number of ether oxygens (including phenoxy) is 2. The van der Waals surface area contributed by atoms with Gasteiger partial charge in [-0.1, -0.05) is 24.6 Å². The second kappa shape index (κ2) is 8.92. The Balaban J connectivity index is 1.68. The molecule has 0 spiro atoms. The van der Waals surface area contributed by atoms with Crippen LogP contribution >= 0.6 is 22.9 Å². The zero-order valence-electron chi connectivity index (χ0n) is 15.0. The van der Waals surface area contributed by atoms with Gasteiger partial charge in [0.05, 0.1) is 35.9 Å². The van der Waals surface area contributed by atoms with Gasteiger partial charge in [-0.05, 0) is 30.0 Å². The molecule has 0 fully saturated rings. The molecule has 1 aromatic carbocycles. The normalized spacial score (nSPS) is 10.6. The van der Waals surface area contributed by atoms with Crippen LogP contribution in [0.2, 0.25) is 5.02 Å². The minimum atomic E-state index is -0.294. The molecule has 2 aromatic heterocycles. The number of carbonyl (C=O) groups is 1. The first-order valence-electron chi connectivity index (χ1n) is 8.39. The number of halogens is 1. The molecule has 0 aliphatic rings. The van der Waals surface area contributed by atoms with E-state index in [1.807, 2.05) is 24.4 Å². The Labute approximate surface area is 166 Å². The predicted octanol–water partition coefficient (Wildman–Crippen LogP) is 4.78. The first-order valence-corrected chi connectivity index (χ1v) is 9.65. The average Bonchev–Trinajstić information content (AvgIpc) is 3.35. The zero-order valence-corrected chi connectivity index (χ0v) is 16.5. The van der Waals surface area contributed by atoms with Crippen molar-refractivity contribution in [2.24, 2.45) is 0 Å². The summed E-state index contributed by atoms with van der Waals surface area (Å²) in [6.07, 6.45) is 2.37. The third-order valence-electron chi connectivity index (χ3n) is 3.66. The van der Waals surface area contributed by atoms with Gasteiger partial charge in [0.2, 0.25) is 5.89 Å². The molecule has 1 N–H and O–H groups in total. The van der Waals surface area contributed by atoms with Crippen LogP contribution in [0.25, 0.3) is 10.8 Å². The van der Waals surface area contributed by atoms with Gasteiger partial charge >= 0.3 is 0 Å². The molecule has 0 atom stereocenters. The molecule has 0 unspecified atom stereocenters. The summed E-state index contributed by atoms with van der Waals surface area (Å²) in [7, 11) is 1.51. The van der Waals surface area contributed by atoms with E-state index in [1.165, 1.54) is 24.7 Å². The van der Waals surface area contributed by atoms with Crippen molar-refractivity contribution in [1.82, 2.24) is 10.3 Å². The van der Waals surface area contributed by atoms with Crippen molar-refractivity contribution >= 4 is 28.8 Å². The summed E-state index contributed by atoms with van der Waals surface area (Å²) in [6, 6.07) is 7.02. The number of nitrogens with zero attached hydrogens (tertiary/aromatic N) is 1. The molecule has 0 aliphatic heterocycles. The Bertz CT molecular complexity index is 909. The van der Waals surface area contributed by atoms with E-state index in [1.54, 1.807) is 12.1 Å². The number of nitrogens with one attached hydrogen (secondary N) is 1. The lowest BCUT2D eigenvalue weighted by Crippen LogP contribution is -2.23. The summed E-state index contributed by atoms with van der Waals surface area (Å²) in [5, 5.41) is 5.08. The SMILES string of the molecule is CCCOc1c(Cl)cc(C(=O)NCc2coc(-c3cccs3)n2)cc1OC. The minimum absolute atomic E-state index is 0.238. The van der Waals surface area contributed by atoms with Crippen LogP contribution in [0.3, 0.4) is 0 Å². The molecule has 0 aliphatic carbocycles. The highest BCUT2D eigenvalue weighted by Crippen LogP contribution is 2.36. The number of carbonyl (C=O) groups excluding carboxylic acids is 1. The van der Waals surface area contributed by atoms with Crippen molar-refractivity contribution in [3.05, 3.63) is 52.2 Å². The summed E-state index contributed by atoms with van der Waals surface area (Å²) in [5.41, 5.74) is 1.01. The second-order valence-corrected chi connectivity index (χ2v) is 7.00. The van der Waals surface area contributed by atoms with E-state index in [4.69, 9.17) is 25.5 Å². The van der Waals surface area contributed by atoms with Gasteiger partial charge in [-0.3, -0.25) is 4.79 Å². The van der Waals surface area contributed by atoms with E-state index in [0.29, 0.717) is 40.3 Å². The van der Waals surface area contributed by atoms with E-state index in [-0.39, 0.29) is 12.5 Å². The average molecular weight is 407 g/mol. The molecule has 1 amide bonds. The van der Waals surface area contributed by atoms with Crippen LogP contribution in [-0.2, 0) is 6.54 Å². The number of benzene rings is 1. The van der Waals surface area contributed by atoms with Gasteiger partial charge in [-0.15, -0.1) is 11.3 Å². The lowest BCUT2D eigenvalue weighted by molar-refractivity contribution is 0.0950. The summed E-state index contributed by atoms with van der Waals surface area (Å²) in [5.74, 6) is 1.10. The number of hydrogen-bond acceptors (Lipinski definition) is 6. The topological polar surface area (TPSA) is 73.6 Å². The van der Waals surface area contributed by atoms with Gasteiger partial charge in [-0.2, -0.15) is 0 Å². The van der Waals surface area contributed by atoms with E-state index in [9.17, 15) is 4.79 Å². The van der Waals surface area contributed by atoms with Gasteiger partial charge in [0, 0.05) is 5.56 Å². The largest absolute Gasteiger partial charge is 0.493 e. The summed E-state index contributed by atoms with van der Waals surface area (Å²) in [4.78, 5) is 17.8. The summed E-state index contributed by atoms with van der Waals surface area (Å²) < 4.78 is 16.4. The van der Waals surface area contributed by atoms with Gasteiger partial charge in [-0.25, -0.2) is 4.98 Å². The van der Waals surface area contributed by atoms with Crippen molar-refractivity contribution in [2.75, 3.05) is 13.7 Å². The first kappa shape index (κ1) is 19.3. The Morgan fingerprint density at radius 1 is 1.41 bits per heavy atom. The standard InChI is InChI=1S/C19H19ClN2O4S/c1-3-6-25-17-14(20)8-12(9-15(17)24-2)18(23)21-10-13-11-26-19(22-13)16-5-4-7-27-16/h4-5,7-9,11H,3,6,10H2,1-2H3,(H,21,23). The van der Waals surface area contributed by atoms with Crippen molar-refractivity contribution in [3.63, 3.8) is 0 Å². The predicted molar refractivity (Wildman–Crippen MR) is 105 cm³/mol. The lowest BCUT2D eigenvalue weighted by Gasteiger charge is -2.13. The molecule has 8 heteroatoms. The minimum Gasteiger partial charge on any atom is -0.493 e. The molecule has 27 heavy (non-hydrogen) atoms. The molecule has 142 valence electrons.